The highest BCUT2D eigenvalue weighted by Gasteiger charge is 2.19. The minimum absolute atomic E-state index is 0.661. The van der Waals surface area contributed by atoms with Gasteiger partial charge in [0.2, 0.25) is 0 Å². The Balaban J connectivity index is 1.62. The molecule has 0 N–H and O–H groups in total. The molecule has 0 spiro atoms. The van der Waals surface area contributed by atoms with Crippen molar-refractivity contribution >= 4 is 5.82 Å². The van der Waals surface area contributed by atoms with Crippen molar-refractivity contribution in [2.45, 2.75) is 6.54 Å². The Kier molecular flexibility index (Phi) is 4.13. The second-order valence-electron chi connectivity index (χ2n) is 5.24. The van der Waals surface area contributed by atoms with Crippen molar-refractivity contribution in [2.24, 2.45) is 0 Å². The molecule has 1 aromatic carbocycles. The lowest BCUT2D eigenvalue weighted by atomic mass is 10.2. The topological polar surface area (TPSA) is 43.2 Å². The minimum atomic E-state index is 0.661. The molecule has 4 heteroatoms. The Morgan fingerprint density at radius 1 is 1.00 bits per heavy atom. The van der Waals surface area contributed by atoms with Crippen LogP contribution in [0.25, 0.3) is 0 Å². The third-order valence-electron chi connectivity index (χ3n) is 3.83. The summed E-state index contributed by atoms with van der Waals surface area (Å²) in [4.78, 5) is 9.02. The van der Waals surface area contributed by atoms with Crippen molar-refractivity contribution in [1.82, 2.24) is 9.88 Å². The predicted octanol–water partition coefficient (Wildman–Crippen LogP) is 2.28. The molecule has 1 aliphatic rings. The molecule has 0 unspecified atom stereocenters. The molecule has 106 valence electrons. The van der Waals surface area contributed by atoms with Crippen molar-refractivity contribution in [2.75, 3.05) is 31.1 Å². The quantitative estimate of drug-likeness (QED) is 0.864. The average Bonchev–Trinajstić information content (AvgIpc) is 2.56. The average molecular weight is 278 g/mol. The molecule has 0 radical (unpaired) electrons. The molecule has 1 aliphatic heterocycles. The molecule has 0 saturated carbocycles. The second kappa shape index (κ2) is 6.38. The molecule has 21 heavy (non-hydrogen) atoms. The predicted molar refractivity (Wildman–Crippen MR) is 82.9 cm³/mol. The van der Waals surface area contributed by atoms with Crippen LogP contribution >= 0.6 is 0 Å². The minimum Gasteiger partial charge on any atom is -0.353 e. The van der Waals surface area contributed by atoms with Gasteiger partial charge in [-0.05, 0) is 17.7 Å². The van der Waals surface area contributed by atoms with Crippen LogP contribution in [0.4, 0.5) is 5.82 Å². The highest BCUT2D eigenvalue weighted by Crippen LogP contribution is 2.18. The van der Waals surface area contributed by atoms with E-state index in [1.54, 1.807) is 6.20 Å². The number of pyridine rings is 1. The summed E-state index contributed by atoms with van der Waals surface area (Å²) < 4.78 is 0. The number of aromatic nitrogens is 1. The van der Waals surface area contributed by atoms with Gasteiger partial charge in [0.05, 0.1) is 5.56 Å². The fourth-order valence-corrected chi connectivity index (χ4v) is 2.70. The Hall–Kier alpha value is -2.38. The first-order valence-electron chi connectivity index (χ1n) is 7.23. The van der Waals surface area contributed by atoms with Crippen LogP contribution in [-0.2, 0) is 6.54 Å². The molecule has 0 bridgehead atoms. The summed E-state index contributed by atoms with van der Waals surface area (Å²) in [5.41, 5.74) is 2.01. The molecule has 0 atom stereocenters. The van der Waals surface area contributed by atoms with E-state index in [-0.39, 0.29) is 0 Å². The van der Waals surface area contributed by atoms with E-state index in [4.69, 9.17) is 5.26 Å². The number of benzene rings is 1. The first-order chi connectivity index (χ1) is 10.4. The SMILES string of the molecule is N#Cc1cccnc1N1CCN(Cc2ccccc2)CC1. The molecule has 4 nitrogen and oxygen atoms in total. The fourth-order valence-electron chi connectivity index (χ4n) is 2.70. The number of piperazine rings is 1. The summed E-state index contributed by atoms with van der Waals surface area (Å²) in [6.45, 7) is 4.81. The molecule has 0 aliphatic carbocycles. The molecule has 1 saturated heterocycles. The Morgan fingerprint density at radius 3 is 2.48 bits per heavy atom. The van der Waals surface area contributed by atoms with Gasteiger partial charge in [-0.2, -0.15) is 5.26 Å². The van der Waals surface area contributed by atoms with E-state index in [2.05, 4.69) is 45.1 Å². The van der Waals surface area contributed by atoms with E-state index in [9.17, 15) is 0 Å². The summed E-state index contributed by atoms with van der Waals surface area (Å²) >= 11 is 0. The monoisotopic (exact) mass is 278 g/mol. The van der Waals surface area contributed by atoms with Crippen LogP contribution in [0, 0.1) is 11.3 Å². The zero-order chi connectivity index (χ0) is 14.5. The third-order valence-corrected chi connectivity index (χ3v) is 3.83. The number of rotatable bonds is 3. The lowest BCUT2D eigenvalue weighted by Gasteiger charge is -2.35. The highest BCUT2D eigenvalue weighted by atomic mass is 15.3. The molecular formula is C17H18N4. The van der Waals surface area contributed by atoms with Crippen molar-refractivity contribution in [3.8, 4) is 6.07 Å². The Labute approximate surface area is 125 Å². The van der Waals surface area contributed by atoms with E-state index in [0.29, 0.717) is 5.56 Å². The number of anilines is 1. The molecule has 2 aromatic rings. The van der Waals surface area contributed by atoms with Crippen LogP contribution in [0.3, 0.4) is 0 Å². The summed E-state index contributed by atoms with van der Waals surface area (Å²) in [6, 6.07) is 16.4. The van der Waals surface area contributed by atoms with Gasteiger partial charge in [-0.1, -0.05) is 30.3 Å². The van der Waals surface area contributed by atoms with Crippen molar-refractivity contribution < 1.29 is 0 Å². The van der Waals surface area contributed by atoms with Crippen LogP contribution in [0.5, 0.6) is 0 Å². The molecule has 2 heterocycles. The Bertz CT molecular complexity index is 625. The van der Waals surface area contributed by atoms with Crippen molar-refractivity contribution in [1.29, 1.82) is 5.26 Å². The number of nitrogens with zero attached hydrogens (tertiary/aromatic N) is 4. The maximum absolute atomic E-state index is 9.17. The molecule has 0 amide bonds. The van der Waals surface area contributed by atoms with Gasteiger partial charge in [0.15, 0.2) is 0 Å². The van der Waals surface area contributed by atoms with Crippen molar-refractivity contribution in [3.63, 3.8) is 0 Å². The smallest absolute Gasteiger partial charge is 0.146 e. The van der Waals surface area contributed by atoms with Gasteiger partial charge in [0.1, 0.15) is 11.9 Å². The van der Waals surface area contributed by atoms with E-state index in [0.717, 1.165) is 38.5 Å². The fraction of sp³-hybridized carbons (Fsp3) is 0.294. The van der Waals surface area contributed by atoms with E-state index in [1.165, 1.54) is 5.56 Å². The lowest BCUT2D eigenvalue weighted by molar-refractivity contribution is 0.249. The van der Waals surface area contributed by atoms with Gasteiger partial charge in [0.25, 0.3) is 0 Å². The zero-order valence-electron chi connectivity index (χ0n) is 11.9. The van der Waals surface area contributed by atoms with Gasteiger partial charge in [0, 0.05) is 38.9 Å². The van der Waals surface area contributed by atoms with E-state index < -0.39 is 0 Å². The highest BCUT2D eigenvalue weighted by molar-refractivity contribution is 5.53. The summed E-state index contributed by atoms with van der Waals surface area (Å²) in [5, 5.41) is 9.17. The van der Waals surface area contributed by atoms with Crippen LogP contribution in [0.15, 0.2) is 48.7 Å². The zero-order valence-corrected chi connectivity index (χ0v) is 11.9. The number of hydrogen-bond acceptors (Lipinski definition) is 4. The van der Waals surface area contributed by atoms with Crippen LogP contribution in [0.1, 0.15) is 11.1 Å². The van der Waals surface area contributed by atoms with E-state index >= 15 is 0 Å². The Morgan fingerprint density at radius 2 is 1.76 bits per heavy atom. The number of nitriles is 1. The standard InChI is InChI=1S/C17H18N4/c18-13-16-7-4-8-19-17(16)21-11-9-20(10-12-21)14-15-5-2-1-3-6-15/h1-8H,9-12,14H2. The molecular weight excluding hydrogens is 260 g/mol. The second-order valence-corrected chi connectivity index (χ2v) is 5.24. The summed E-state index contributed by atoms with van der Waals surface area (Å²) in [6.07, 6.45) is 1.76. The first kappa shape index (κ1) is 13.6. The van der Waals surface area contributed by atoms with Gasteiger partial charge in [-0.3, -0.25) is 4.90 Å². The lowest BCUT2D eigenvalue weighted by Crippen LogP contribution is -2.46. The largest absolute Gasteiger partial charge is 0.353 e. The summed E-state index contributed by atoms with van der Waals surface area (Å²) in [5.74, 6) is 0.819. The summed E-state index contributed by atoms with van der Waals surface area (Å²) in [7, 11) is 0. The van der Waals surface area contributed by atoms with Crippen LogP contribution in [-0.4, -0.2) is 36.1 Å². The third kappa shape index (κ3) is 3.21. The van der Waals surface area contributed by atoms with Gasteiger partial charge < -0.3 is 4.90 Å². The van der Waals surface area contributed by atoms with Gasteiger partial charge >= 0.3 is 0 Å². The van der Waals surface area contributed by atoms with E-state index in [1.807, 2.05) is 18.2 Å². The maximum atomic E-state index is 9.17. The van der Waals surface area contributed by atoms with Crippen LogP contribution in [0.2, 0.25) is 0 Å². The molecule has 1 fully saturated rings. The van der Waals surface area contributed by atoms with Gasteiger partial charge in [-0.15, -0.1) is 0 Å². The number of hydrogen-bond donors (Lipinski definition) is 0. The van der Waals surface area contributed by atoms with Crippen LogP contribution < -0.4 is 4.90 Å². The first-order valence-corrected chi connectivity index (χ1v) is 7.23. The van der Waals surface area contributed by atoms with Gasteiger partial charge in [-0.25, -0.2) is 4.98 Å². The maximum Gasteiger partial charge on any atom is 0.146 e. The van der Waals surface area contributed by atoms with Crippen molar-refractivity contribution in [3.05, 3.63) is 59.8 Å². The molecule has 3 rings (SSSR count). The molecule has 1 aromatic heterocycles. The normalized spacial score (nSPS) is 15.7.